The van der Waals surface area contributed by atoms with E-state index in [1.807, 2.05) is 0 Å². The van der Waals surface area contributed by atoms with Gasteiger partial charge >= 0.3 is 0 Å². The molecule has 0 radical (unpaired) electrons. The van der Waals surface area contributed by atoms with E-state index < -0.39 is 15.7 Å². The quantitative estimate of drug-likeness (QED) is 0.769. The average Bonchev–Trinajstić information content (AvgIpc) is 2.63. The van der Waals surface area contributed by atoms with Crippen LogP contribution in [-0.2, 0) is 9.84 Å². The third-order valence-corrected chi connectivity index (χ3v) is 5.45. The molecular formula is C14H17FN2O2S. The van der Waals surface area contributed by atoms with Crippen molar-refractivity contribution in [3.63, 3.8) is 0 Å². The minimum atomic E-state index is -3.40. The fourth-order valence-electron chi connectivity index (χ4n) is 2.68. The van der Waals surface area contributed by atoms with Crippen molar-refractivity contribution in [1.82, 2.24) is 9.80 Å². The molecule has 0 aliphatic carbocycles. The largest absolute Gasteiger partial charge is 0.304 e. The van der Waals surface area contributed by atoms with Gasteiger partial charge in [0.25, 0.3) is 0 Å². The number of piperazine rings is 1. The van der Waals surface area contributed by atoms with Gasteiger partial charge in [0.15, 0.2) is 0 Å². The number of hydrogen-bond donors (Lipinski definition) is 0. The molecule has 108 valence electrons. The Kier molecular flexibility index (Phi) is 3.40. The van der Waals surface area contributed by atoms with Crippen molar-refractivity contribution in [2.24, 2.45) is 0 Å². The van der Waals surface area contributed by atoms with Crippen LogP contribution in [0.15, 0.2) is 28.5 Å². The van der Waals surface area contributed by atoms with Gasteiger partial charge < -0.3 is 4.90 Å². The summed E-state index contributed by atoms with van der Waals surface area (Å²) in [4.78, 5) is 4.67. The van der Waals surface area contributed by atoms with Gasteiger partial charge in [0, 0.05) is 43.7 Å². The van der Waals surface area contributed by atoms with E-state index in [4.69, 9.17) is 0 Å². The summed E-state index contributed by atoms with van der Waals surface area (Å²) in [6.07, 6.45) is 0. The molecule has 1 aromatic carbocycles. The maximum atomic E-state index is 13.4. The van der Waals surface area contributed by atoms with Crippen molar-refractivity contribution in [3.8, 4) is 0 Å². The molecule has 0 N–H and O–H groups in total. The molecular weight excluding hydrogens is 279 g/mol. The van der Waals surface area contributed by atoms with Crippen LogP contribution < -0.4 is 0 Å². The third kappa shape index (κ3) is 2.51. The first-order chi connectivity index (χ1) is 9.45. The topological polar surface area (TPSA) is 40.6 Å². The lowest BCUT2D eigenvalue weighted by molar-refractivity contribution is 0.168. The SMILES string of the molecule is CN1CCN(CC2=CS(=O)(=O)c3ccc(F)cc32)CC1. The summed E-state index contributed by atoms with van der Waals surface area (Å²) in [5.41, 5.74) is 1.22. The number of benzene rings is 1. The molecule has 6 heteroatoms. The minimum Gasteiger partial charge on any atom is -0.304 e. The van der Waals surface area contributed by atoms with Crippen LogP contribution in [0.1, 0.15) is 5.56 Å². The molecule has 1 saturated heterocycles. The van der Waals surface area contributed by atoms with Crippen molar-refractivity contribution < 1.29 is 12.8 Å². The first-order valence-corrected chi connectivity index (χ1v) is 8.17. The van der Waals surface area contributed by atoms with Crippen LogP contribution in [0.3, 0.4) is 0 Å². The highest BCUT2D eigenvalue weighted by Crippen LogP contribution is 2.34. The number of sulfone groups is 1. The number of hydrogen-bond acceptors (Lipinski definition) is 4. The summed E-state index contributed by atoms with van der Waals surface area (Å²) in [5.74, 6) is -0.398. The molecule has 0 spiro atoms. The normalized spacial score (nSPS) is 22.6. The number of halogens is 1. The van der Waals surface area contributed by atoms with Gasteiger partial charge in [-0.3, -0.25) is 4.90 Å². The third-order valence-electron chi connectivity index (χ3n) is 3.88. The fraction of sp³-hybridized carbons (Fsp3) is 0.429. The lowest BCUT2D eigenvalue weighted by Gasteiger charge is -2.32. The van der Waals surface area contributed by atoms with Gasteiger partial charge in [-0.15, -0.1) is 0 Å². The van der Waals surface area contributed by atoms with Crippen molar-refractivity contribution in [2.45, 2.75) is 4.90 Å². The maximum Gasteiger partial charge on any atom is 0.200 e. The molecule has 0 aromatic heterocycles. The summed E-state index contributed by atoms with van der Waals surface area (Å²) in [6, 6.07) is 3.87. The van der Waals surface area contributed by atoms with Gasteiger partial charge in [0.05, 0.1) is 4.90 Å². The Balaban J connectivity index is 1.87. The monoisotopic (exact) mass is 296 g/mol. The fourth-order valence-corrected chi connectivity index (χ4v) is 4.14. The van der Waals surface area contributed by atoms with E-state index in [1.54, 1.807) is 0 Å². The van der Waals surface area contributed by atoms with Crippen LogP contribution in [0.5, 0.6) is 0 Å². The molecule has 1 aromatic rings. The maximum absolute atomic E-state index is 13.4. The van der Waals surface area contributed by atoms with Crippen LogP contribution in [0.25, 0.3) is 5.57 Å². The smallest absolute Gasteiger partial charge is 0.200 e. The Bertz CT molecular complexity index is 662. The van der Waals surface area contributed by atoms with Gasteiger partial charge in [0.1, 0.15) is 5.82 Å². The van der Waals surface area contributed by atoms with E-state index in [0.29, 0.717) is 17.7 Å². The molecule has 0 amide bonds. The van der Waals surface area contributed by atoms with Crippen LogP contribution in [-0.4, -0.2) is 58.0 Å². The predicted octanol–water partition coefficient (Wildman–Crippen LogP) is 1.20. The molecule has 0 saturated carbocycles. The molecule has 2 heterocycles. The highest BCUT2D eigenvalue weighted by Gasteiger charge is 2.28. The Morgan fingerprint density at radius 1 is 1.20 bits per heavy atom. The second kappa shape index (κ2) is 4.95. The molecule has 0 bridgehead atoms. The second-order valence-corrected chi connectivity index (χ2v) is 7.17. The molecule has 0 unspecified atom stereocenters. The summed E-state index contributed by atoms with van der Waals surface area (Å²) in [5, 5.41) is 1.29. The van der Waals surface area contributed by atoms with Crippen molar-refractivity contribution >= 4 is 15.4 Å². The summed E-state index contributed by atoms with van der Waals surface area (Å²) in [6.45, 7) is 4.30. The second-order valence-electron chi connectivity index (χ2n) is 5.41. The zero-order valence-corrected chi connectivity index (χ0v) is 12.2. The lowest BCUT2D eigenvalue weighted by Crippen LogP contribution is -2.44. The van der Waals surface area contributed by atoms with Gasteiger partial charge in [-0.05, 0) is 30.8 Å². The Labute approximate surface area is 118 Å². The van der Waals surface area contributed by atoms with E-state index in [1.165, 1.54) is 23.6 Å². The van der Waals surface area contributed by atoms with Gasteiger partial charge in [-0.1, -0.05) is 0 Å². The van der Waals surface area contributed by atoms with E-state index in [9.17, 15) is 12.8 Å². The highest BCUT2D eigenvalue weighted by atomic mass is 32.2. The van der Waals surface area contributed by atoms with E-state index in [2.05, 4.69) is 16.8 Å². The molecule has 3 rings (SSSR count). The average molecular weight is 296 g/mol. The van der Waals surface area contributed by atoms with Crippen LogP contribution in [0.4, 0.5) is 4.39 Å². The van der Waals surface area contributed by atoms with E-state index in [-0.39, 0.29) is 4.90 Å². The van der Waals surface area contributed by atoms with Gasteiger partial charge in [0.2, 0.25) is 9.84 Å². The van der Waals surface area contributed by atoms with Gasteiger partial charge in [-0.25, -0.2) is 12.8 Å². The Morgan fingerprint density at radius 3 is 2.60 bits per heavy atom. The lowest BCUT2D eigenvalue weighted by atomic mass is 10.1. The molecule has 2 aliphatic heterocycles. The predicted molar refractivity (Wildman–Crippen MR) is 75.5 cm³/mol. The van der Waals surface area contributed by atoms with E-state index in [0.717, 1.165) is 26.2 Å². The molecule has 20 heavy (non-hydrogen) atoms. The van der Waals surface area contributed by atoms with Crippen LogP contribution in [0.2, 0.25) is 0 Å². The van der Waals surface area contributed by atoms with Crippen molar-refractivity contribution in [1.29, 1.82) is 0 Å². The van der Waals surface area contributed by atoms with E-state index >= 15 is 0 Å². The molecule has 1 fully saturated rings. The number of fused-ring (bicyclic) bond motifs is 1. The first kappa shape index (κ1) is 13.7. The first-order valence-electron chi connectivity index (χ1n) is 6.62. The zero-order valence-electron chi connectivity index (χ0n) is 11.3. The Morgan fingerprint density at radius 2 is 1.90 bits per heavy atom. The summed E-state index contributed by atoms with van der Waals surface area (Å²) < 4.78 is 37.5. The highest BCUT2D eigenvalue weighted by molar-refractivity contribution is 7.95. The van der Waals surface area contributed by atoms with Crippen molar-refractivity contribution in [3.05, 3.63) is 35.0 Å². The summed E-state index contributed by atoms with van der Waals surface area (Å²) in [7, 11) is -1.33. The van der Waals surface area contributed by atoms with Crippen LogP contribution >= 0.6 is 0 Å². The number of likely N-dealkylation sites (N-methyl/N-ethyl adjacent to an activating group) is 1. The number of nitrogens with zero attached hydrogens (tertiary/aromatic N) is 2. The van der Waals surface area contributed by atoms with Crippen LogP contribution in [0, 0.1) is 5.82 Å². The van der Waals surface area contributed by atoms with Crippen molar-refractivity contribution in [2.75, 3.05) is 39.8 Å². The number of rotatable bonds is 2. The minimum absolute atomic E-state index is 0.225. The molecule has 0 atom stereocenters. The Hall–Kier alpha value is -1.24. The van der Waals surface area contributed by atoms with Gasteiger partial charge in [-0.2, -0.15) is 0 Å². The molecule has 2 aliphatic rings. The standard InChI is InChI=1S/C14H17FN2O2S/c1-16-4-6-17(7-5-16)9-11-10-20(18,19)14-3-2-12(15)8-13(11)14/h2-3,8,10H,4-7,9H2,1H3. The molecule has 4 nitrogen and oxygen atoms in total. The summed E-state index contributed by atoms with van der Waals surface area (Å²) >= 11 is 0. The zero-order chi connectivity index (χ0) is 14.3.